The lowest BCUT2D eigenvalue weighted by atomic mass is 10.1. The molecule has 0 radical (unpaired) electrons. The maximum absolute atomic E-state index is 3.42. The Morgan fingerprint density at radius 3 is 2.68 bits per heavy atom. The van der Waals surface area contributed by atoms with E-state index in [9.17, 15) is 0 Å². The first-order chi connectivity index (χ1) is 9.33. The van der Waals surface area contributed by atoms with Crippen molar-refractivity contribution in [2.24, 2.45) is 5.92 Å². The van der Waals surface area contributed by atoms with Crippen LogP contribution in [0, 0.1) is 5.92 Å². The van der Waals surface area contributed by atoms with Crippen LogP contribution in [0.4, 0.5) is 5.69 Å². The molecule has 0 heterocycles. The van der Waals surface area contributed by atoms with E-state index in [1.165, 1.54) is 35.5 Å². The van der Waals surface area contributed by atoms with Crippen molar-refractivity contribution >= 4 is 23.3 Å². The summed E-state index contributed by atoms with van der Waals surface area (Å²) in [6.45, 7) is 6.05. The molecule has 0 aromatic heterocycles. The molecular weight excluding hydrogens is 252 g/mol. The van der Waals surface area contributed by atoms with Gasteiger partial charge in [0.15, 0.2) is 0 Å². The molecule has 1 aromatic rings. The Kier molecular flexibility index (Phi) is 7.49. The molecule has 1 fully saturated rings. The van der Waals surface area contributed by atoms with Gasteiger partial charge in [-0.1, -0.05) is 44.0 Å². The van der Waals surface area contributed by atoms with Crippen LogP contribution in [0.5, 0.6) is 0 Å². The van der Waals surface area contributed by atoms with Crippen LogP contribution in [0.3, 0.4) is 0 Å². The Morgan fingerprint density at radius 2 is 2.11 bits per heavy atom. The van der Waals surface area contributed by atoms with E-state index < -0.39 is 0 Å². The Hall–Kier alpha value is -1.09. The van der Waals surface area contributed by atoms with Crippen LogP contribution in [0.15, 0.2) is 30.3 Å². The van der Waals surface area contributed by atoms with Crippen LogP contribution in [0.2, 0.25) is 0 Å². The van der Waals surface area contributed by atoms with E-state index in [1.54, 1.807) is 0 Å². The highest BCUT2D eigenvalue weighted by molar-refractivity contribution is 8.00. The van der Waals surface area contributed by atoms with Gasteiger partial charge in [-0.2, -0.15) is 0 Å². The molecule has 19 heavy (non-hydrogen) atoms. The van der Waals surface area contributed by atoms with Crippen molar-refractivity contribution in [3.05, 3.63) is 35.9 Å². The smallest absolute Gasteiger partial charge is 0.0446 e. The molecule has 2 N–H and O–H groups in total. The highest BCUT2D eigenvalue weighted by atomic mass is 32.2. The second kappa shape index (κ2) is 8.92. The number of benzene rings is 1. The van der Waals surface area contributed by atoms with Crippen molar-refractivity contribution in [1.82, 2.24) is 5.32 Å². The van der Waals surface area contributed by atoms with Crippen molar-refractivity contribution in [3.8, 4) is 0 Å². The summed E-state index contributed by atoms with van der Waals surface area (Å²) in [5, 5.41) is 3.21. The van der Waals surface area contributed by atoms with Crippen molar-refractivity contribution in [1.29, 1.82) is 0 Å². The Morgan fingerprint density at radius 1 is 1.37 bits per heavy atom. The Labute approximate surface area is 122 Å². The number of allylic oxidation sites excluding steroid dienone is 1. The molecular formula is C16H26N2S. The van der Waals surface area contributed by atoms with E-state index in [1.807, 2.05) is 39.8 Å². The Bertz CT molecular complexity index is 397. The maximum Gasteiger partial charge on any atom is 0.0446 e. The van der Waals surface area contributed by atoms with Gasteiger partial charge in [0, 0.05) is 24.2 Å². The topological polar surface area (TPSA) is 24.1 Å². The predicted molar refractivity (Wildman–Crippen MR) is 89.3 cm³/mol. The minimum Gasteiger partial charge on any atom is -0.388 e. The molecule has 3 heteroatoms. The fraction of sp³-hybridized carbons (Fsp3) is 0.500. The highest BCUT2D eigenvalue weighted by Crippen LogP contribution is 2.32. The normalized spacial score (nSPS) is 14.4. The summed E-state index contributed by atoms with van der Waals surface area (Å²) < 4.78 is 3.42. The lowest BCUT2D eigenvalue weighted by Gasteiger charge is -2.09. The monoisotopic (exact) mass is 278 g/mol. The third-order valence-electron chi connectivity index (χ3n) is 2.94. The molecule has 1 saturated carbocycles. The lowest BCUT2D eigenvalue weighted by molar-refractivity contribution is 1.00. The van der Waals surface area contributed by atoms with Gasteiger partial charge in [0.25, 0.3) is 0 Å². The van der Waals surface area contributed by atoms with Gasteiger partial charge >= 0.3 is 0 Å². The van der Waals surface area contributed by atoms with Gasteiger partial charge in [-0.05, 0) is 43.4 Å². The summed E-state index contributed by atoms with van der Waals surface area (Å²) in [4.78, 5) is 0. The average Bonchev–Trinajstić information content (AvgIpc) is 3.27. The van der Waals surface area contributed by atoms with Crippen molar-refractivity contribution in [2.45, 2.75) is 33.6 Å². The zero-order valence-corrected chi connectivity index (χ0v) is 13.3. The van der Waals surface area contributed by atoms with Gasteiger partial charge in [0.1, 0.15) is 0 Å². The molecule has 106 valence electrons. The first-order valence-electron chi connectivity index (χ1n) is 7.15. The quantitative estimate of drug-likeness (QED) is 0.733. The molecule has 0 spiro atoms. The Balaban J connectivity index is 0.000000861. The molecule has 2 rings (SSSR count). The molecule has 2 nitrogen and oxygen atoms in total. The lowest BCUT2D eigenvalue weighted by Crippen LogP contribution is -2.04. The second-order valence-electron chi connectivity index (χ2n) is 4.39. The molecule has 0 bridgehead atoms. The van der Waals surface area contributed by atoms with Gasteiger partial charge in [-0.25, -0.2) is 0 Å². The predicted octanol–water partition coefficient (Wildman–Crippen LogP) is 4.76. The van der Waals surface area contributed by atoms with Crippen molar-refractivity contribution in [2.75, 3.05) is 17.5 Å². The van der Waals surface area contributed by atoms with E-state index in [0.29, 0.717) is 0 Å². The molecule has 0 amide bonds. The molecule has 0 saturated heterocycles. The largest absolute Gasteiger partial charge is 0.388 e. The zero-order chi connectivity index (χ0) is 14.1. The third-order valence-corrected chi connectivity index (χ3v) is 3.96. The van der Waals surface area contributed by atoms with E-state index in [2.05, 4.69) is 40.4 Å². The summed E-state index contributed by atoms with van der Waals surface area (Å²) in [5.41, 5.74) is 3.58. The molecule has 1 aliphatic rings. The van der Waals surface area contributed by atoms with Gasteiger partial charge in [-0.3, -0.25) is 0 Å². The SMILES string of the molecule is C/C=C(\NC)c1cccc(NSCC2CC2)c1.CC. The van der Waals surface area contributed by atoms with Crippen LogP contribution in [-0.4, -0.2) is 12.8 Å². The molecule has 1 aromatic carbocycles. The van der Waals surface area contributed by atoms with Gasteiger partial charge < -0.3 is 10.0 Å². The molecule has 1 aliphatic carbocycles. The fourth-order valence-electron chi connectivity index (χ4n) is 1.73. The van der Waals surface area contributed by atoms with Crippen LogP contribution in [-0.2, 0) is 0 Å². The fourth-order valence-corrected chi connectivity index (χ4v) is 2.68. The van der Waals surface area contributed by atoms with Crippen LogP contribution < -0.4 is 10.0 Å². The summed E-state index contributed by atoms with van der Waals surface area (Å²) in [7, 11) is 1.96. The number of hydrogen-bond acceptors (Lipinski definition) is 3. The van der Waals surface area contributed by atoms with Crippen molar-refractivity contribution < 1.29 is 0 Å². The summed E-state index contributed by atoms with van der Waals surface area (Å²) in [6.07, 6.45) is 4.92. The minimum absolute atomic E-state index is 0.957. The number of anilines is 1. The second-order valence-corrected chi connectivity index (χ2v) is 5.22. The summed E-state index contributed by atoms with van der Waals surface area (Å²) in [6, 6.07) is 8.52. The van der Waals surface area contributed by atoms with Gasteiger partial charge in [-0.15, -0.1) is 0 Å². The molecule has 0 aliphatic heterocycles. The number of rotatable bonds is 6. The average molecular weight is 278 g/mol. The first kappa shape index (κ1) is 16.0. The standard InChI is InChI=1S/C14H20N2S.C2H6/c1-3-14(15-2)12-5-4-6-13(9-12)16-17-10-11-7-8-11;1-2/h3-6,9,11,15-16H,7-8,10H2,1-2H3;1-2H3/b14-3-;. The number of hydrogen-bond donors (Lipinski definition) is 2. The van der Waals surface area contributed by atoms with E-state index in [4.69, 9.17) is 0 Å². The summed E-state index contributed by atoms with van der Waals surface area (Å²) >= 11 is 1.82. The van der Waals surface area contributed by atoms with E-state index in [-0.39, 0.29) is 0 Å². The van der Waals surface area contributed by atoms with Crippen LogP contribution >= 0.6 is 11.9 Å². The summed E-state index contributed by atoms with van der Waals surface area (Å²) in [5.74, 6) is 2.19. The number of nitrogens with one attached hydrogen (secondary N) is 2. The zero-order valence-electron chi connectivity index (χ0n) is 12.5. The molecule has 0 atom stereocenters. The minimum atomic E-state index is 0.957. The molecule has 0 unspecified atom stereocenters. The van der Waals surface area contributed by atoms with Gasteiger partial charge in [0.2, 0.25) is 0 Å². The van der Waals surface area contributed by atoms with E-state index >= 15 is 0 Å². The maximum atomic E-state index is 3.42. The third kappa shape index (κ3) is 5.60. The van der Waals surface area contributed by atoms with E-state index in [0.717, 1.165) is 5.92 Å². The van der Waals surface area contributed by atoms with Crippen molar-refractivity contribution in [3.63, 3.8) is 0 Å². The first-order valence-corrected chi connectivity index (χ1v) is 8.14. The van der Waals surface area contributed by atoms with Gasteiger partial charge in [0.05, 0.1) is 0 Å². The van der Waals surface area contributed by atoms with Crippen LogP contribution in [0.25, 0.3) is 5.70 Å². The highest BCUT2D eigenvalue weighted by Gasteiger charge is 2.20. The van der Waals surface area contributed by atoms with Crippen LogP contribution in [0.1, 0.15) is 39.2 Å².